The van der Waals surface area contributed by atoms with Crippen molar-refractivity contribution in [3.8, 4) is 0 Å². The van der Waals surface area contributed by atoms with E-state index in [-0.39, 0.29) is 5.16 Å². The zero-order chi connectivity index (χ0) is 7.44. The van der Waals surface area contributed by atoms with Gasteiger partial charge in [0.2, 0.25) is 0 Å². The Morgan fingerprint density at radius 3 is 2.00 bits per heavy atom. The summed E-state index contributed by atoms with van der Waals surface area (Å²) < 4.78 is 0. The van der Waals surface area contributed by atoms with Gasteiger partial charge in [0.25, 0.3) is 0 Å². The maximum absolute atomic E-state index is 5.54. The van der Waals surface area contributed by atoms with Gasteiger partial charge in [-0.3, -0.25) is 0 Å². The first-order chi connectivity index (χ1) is 4.09. The largest absolute Gasteiger partial charge is 0.404 e. The summed E-state index contributed by atoms with van der Waals surface area (Å²) in [6, 6.07) is 0. The second-order valence-corrected chi connectivity index (χ2v) is 2.30. The molecule has 0 rings (SSSR count). The minimum absolute atomic E-state index is 0.0656. The van der Waals surface area contributed by atoms with Crippen LogP contribution >= 0.6 is 23.2 Å². The summed E-state index contributed by atoms with van der Waals surface area (Å²) in [6.45, 7) is 1.72. The highest BCUT2D eigenvalue weighted by Crippen LogP contribution is 2.16. The third-order valence-corrected chi connectivity index (χ3v) is 1.59. The van der Waals surface area contributed by atoms with Crippen LogP contribution in [0.15, 0.2) is 22.0 Å². The normalized spacial score (nSPS) is 15.2. The Hall–Kier alpha value is -0.340. The van der Waals surface area contributed by atoms with E-state index < -0.39 is 0 Å². The summed E-state index contributed by atoms with van der Waals surface area (Å²) in [7, 11) is 0. The van der Waals surface area contributed by atoms with E-state index in [0.29, 0.717) is 10.6 Å². The Morgan fingerprint density at radius 2 is 1.89 bits per heavy atom. The zero-order valence-corrected chi connectivity index (χ0v) is 6.50. The van der Waals surface area contributed by atoms with Gasteiger partial charge in [0.1, 0.15) is 5.16 Å². The minimum Gasteiger partial charge on any atom is -0.404 e. The Kier molecular flexibility index (Phi) is 3.50. The van der Waals surface area contributed by atoms with E-state index >= 15 is 0 Å². The van der Waals surface area contributed by atoms with Crippen molar-refractivity contribution in [3.05, 3.63) is 22.0 Å². The maximum atomic E-state index is 5.54. The topological polar surface area (TPSA) is 52.0 Å². The first-order valence-corrected chi connectivity index (χ1v) is 3.04. The lowest BCUT2D eigenvalue weighted by atomic mass is 10.3. The van der Waals surface area contributed by atoms with Gasteiger partial charge in [-0.25, -0.2) is 0 Å². The second-order valence-electron chi connectivity index (χ2n) is 1.51. The molecule has 9 heavy (non-hydrogen) atoms. The molecule has 0 saturated heterocycles. The highest BCUT2D eigenvalue weighted by atomic mass is 35.5. The van der Waals surface area contributed by atoms with E-state index in [2.05, 4.69) is 0 Å². The molecule has 2 nitrogen and oxygen atoms in total. The van der Waals surface area contributed by atoms with Crippen LogP contribution < -0.4 is 11.5 Å². The molecule has 4 heteroatoms. The lowest BCUT2D eigenvalue weighted by Gasteiger charge is -1.96. The molecule has 0 saturated carbocycles. The number of rotatable bonds is 1. The molecule has 0 aromatic rings. The van der Waals surface area contributed by atoms with E-state index in [1.54, 1.807) is 6.92 Å². The van der Waals surface area contributed by atoms with Gasteiger partial charge in [0.05, 0.1) is 5.03 Å². The van der Waals surface area contributed by atoms with Crippen LogP contribution in [0.3, 0.4) is 0 Å². The lowest BCUT2D eigenvalue weighted by molar-refractivity contribution is 1.37. The molecule has 0 bridgehead atoms. The molecule has 0 aromatic carbocycles. The monoisotopic (exact) mass is 166 g/mol. The third-order valence-electron chi connectivity index (χ3n) is 0.806. The van der Waals surface area contributed by atoms with Crippen LogP contribution in [0.1, 0.15) is 6.92 Å². The van der Waals surface area contributed by atoms with Crippen molar-refractivity contribution in [2.45, 2.75) is 6.92 Å². The van der Waals surface area contributed by atoms with Crippen molar-refractivity contribution < 1.29 is 0 Å². The van der Waals surface area contributed by atoms with Crippen molar-refractivity contribution in [2.24, 2.45) is 11.5 Å². The van der Waals surface area contributed by atoms with Gasteiger partial charge < -0.3 is 11.5 Å². The fraction of sp³-hybridized carbons (Fsp3) is 0.200. The van der Waals surface area contributed by atoms with E-state index in [1.165, 1.54) is 6.20 Å². The van der Waals surface area contributed by atoms with Gasteiger partial charge in [0, 0.05) is 0 Å². The van der Waals surface area contributed by atoms with Crippen molar-refractivity contribution >= 4 is 23.2 Å². The molecule has 0 amide bonds. The quantitative estimate of drug-likeness (QED) is 0.458. The summed E-state index contributed by atoms with van der Waals surface area (Å²) in [5.41, 5.74) is 10.9. The van der Waals surface area contributed by atoms with Crippen molar-refractivity contribution in [1.29, 1.82) is 0 Å². The van der Waals surface area contributed by atoms with Crippen LogP contribution in [-0.4, -0.2) is 0 Å². The van der Waals surface area contributed by atoms with Gasteiger partial charge in [-0.1, -0.05) is 23.2 Å². The third kappa shape index (κ3) is 2.63. The fourth-order valence-corrected chi connectivity index (χ4v) is 0.474. The molecule has 0 heterocycles. The smallest absolute Gasteiger partial charge is 0.118 e. The summed E-state index contributed by atoms with van der Waals surface area (Å²) in [5.74, 6) is 0. The van der Waals surface area contributed by atoms with E-state index in [1.807, 2.05) is 0 Å². The molecular weight excluding hydrogens is 159 g/mol. The van der Waals surface area contributed by atoms with Gasteiger partial charge in [-0.15, -0.1) is 0 Å². The Morgan fingerprint density at radius 1 is 1.44 bits per heavy atom. The summed E-state index contributed by atoms with van der Waals surface area (Å²) in [6.07, 6.45) is 1.34. The number of allylic oxidation sites excluding steroid dienone is 2. The number of hydrogen-bond acceptors (Lipinski definition) is 2. The SMILES string of the molecule is CC(=C/N)/C(Cl)=C(\N)Cl. The molecule has 52 valence electrons. The molecule has 0 atom stereocenters. The van der Waals surface area contributed by atoms with Gasteiger partial charge >= 0.3 is 0 Å². The minimum atomic E-state index is 0.0656. The van der Waals surface area contributed by atoms with Crippen LogP contribution in [0.4, 0.5) is 0 Å². The van der Waals surface area contributed by atoms with Crippen LogP contribution in [0.5, 0.6) is 0 Å². The maximum Gasteiger partial charge on any atom is 0.118 e. The summed E-state index contributed by atoms with van der Waals surface area (Å²) >= 11 is 10.9. The number of nitrogens with two attached hydrogens (primary N) is 2. The van der Waals surface area contributed by atoms with Crippen molar-refractivity contribution in [2.75, 3.05) is 0 Å². The molecular formula is C5H8Cl2N2. The second kappa shape index (κ2) is 3.64. The summed E-state index contributed by atoms with van der Waals surface area (Å²) in [4.78, 5) is 0. The molecule has 0 spiro atoms. The van der Waals surface area contributed by atoms with Crippen LogP contribution in [0.2, 0.25) is 0 Å². The first kappa shape index (κ1) is 8.66. The molecule has 0 unspecified atom stereocenters. The van der Waals surface area contributed by atoms with Crippen molar-refractivity contribution in [3.63, 3.8) is 0 Å². The molecule has 0 fully saturated rings. The number of halogens is 2. The van der Waals surface area contributed by atoms with Gasteiger partial charge in [-0.05, 0) is 18.7 Å². The molecule has 0 aromatic heterocycles. The van der Waals surface area contributed by atoms with E-state index in [4.69, 9.17) is 34.7 Å². The average Bonchev–Trinajstić information content (AvgIpc) is 1.84. The predicted octanol–water partition coefficient (Wildman–Crippen LogP) is 1.45. The Balaban J connectivity index is 4.40. The molecule has 0 aliphatic carbocycles. The van der Waals surface area contributed by atoms with Gasteiger partial charge in [0.15, 0.2) is 0 Å². The Bertz CT molecular complexity index is 156. The van der Waals surface area contributed by atoms with E-state index in [9.17, 15) is 0 Å². The summed E-state index contributed by atoms with van der Waals surface area (Å²) in [5, 5.41) is 0.370. The van der Waals surface area contributed by atoms with E-state index in [0.717, 1.165) is 0 Å². The fourth-order valence-electron chi connectivity index (χ4n) is 0.262. The molecule has 0 aliphatic heterocycles. The predicted molar refractivity (Wildman–Crippen MR) is 40.9 cm³/mol. The van der Waals surface area contributed by atoms with Crippen LogP contribution in [0, 0.1) is 0 Å². The molecule has 0 radical (unpaired) electrons. The standard InChI is InChI=1S/C5H8Cl2N2/c1-3(2-8)4(6)5(7)9/h2H,8-9H2,1H3/b3-2-,5-4+. The van der Waals surface area contributed by atoms with Crippen molar-refractivity contribution in [1.82, 2.24) is 0 Å². The lowest BCUT2D eigenvalue weighted by Crippen LogP contribution is -1.93. The highest BCUT2D eigenvalue weighted by Gasteiger charge is 1.97. The average molecular weight is 167 g/mol. The molecule has 0 aliphatic rings. The number of hydrogen-bond donors (Lipinski definition) is 2. The Labute approximate surface area is 64.1 Å². The highest BCUT2D eigenvalue weighted by molar-refractivity contribution is 6.40. The zero-order valence-electron chi connectivity index (χ0n) is 4.99. The van der Waals surface area contributed by atoms with Gasteiger partial charge in [-0.2, -0.15) is 0 Å². The first-order valence-electron chi connectivity index (χ1n) is 2.29. The molecule has 4 N–H and O–H groups in total. The van der Waals surface area contributed by atoms with Crippen LogP contribution in [0.25, 0.3) is 0 Å². The van der Waals surface area contributed by atoms with Crippen LogP contribution in [-0.2, 0) is 0 Å².